The lowest BCUT2D eigenvalue weighted by atomic mass is 9.80. The van der Waals surface area contributed by atoms with Crippen LogP contribution in [0.3, 0.4) is 0 Å². The number of aromatic hydroxyl groups is 1. The van der Waals surface area contributed by atoms with E-state index in [0.29, 0.717) is 56.3 Å². The first-order chi connectivity index (χ1) is 19.7. The Bertz CT molecular complexity index is 1810. The Morgan fingerprint density at radius 1 is 1.07 bits per heavy atom. The van der Waals surface area contributed by atoms with Crippen LogP contribution < -0.4 is 20.3 Å². The van der Waals surface area contributed by atoms with Crippen molar-refractivity contribution in [1.29, 1.82) is 0 Å². The van der Waals surface area contributed by atoms with Crippen LogP contribution in [0.2, 0.25) is 0 Å². The van der Waals surface area contributed by atoms with E-state index in [2.05, 4.69) is 0 Å². The van der Waals surface area contributed by atoms with Crippen molar-refractivity contribution in [1.82, 2.24) is 0 Å². The number of ether oxygens (including phenoxy) is 3. The second kappa shape index (κ2) is 11.1. The van der Waals surface area contributed by atoms with E-state index >= 15 is 0 Å². The molecule has 41 heavy (non-hydrogen) atoms. The van der Waals surface area contributed by atoms with Gasteiger partial charge in [-0.05, 0) is 55.3 Å². The molecule has 2 heterocycles. The highest BCUT2D eigenvalue weighted by molar-refractivity contribution is 5.95. The molecule has 2 aromatic carbocycles. The number of nitro benzene ring substituents is 1. The summed E-state index contributed by atoms with van der Waals surface area (Å²) in [6, 6.07) is 14.7. The second-order valence-corrected chi connectivity index (χ2v) is 9.26. The average molecular weight is 558 g/mol. The van der Waals surface area contributed by atoms with Gasteiger partial charge in [-0.3, -0.25) is 10.1 Å². The molecule has 1 N–H and O–H groups in total. The number of rotatable bonds is 8. The molecule has 1 aliphatic rings. The van der Waals surface area contributed by atoms with Crippen molar-refractivity contribution < 1.29 is 37.9 Å². The fourth-order valence-electron chi connectivity index (χ4n) is 4.94. The number of nitrogens with zero attached hydrogens (tertiary/aromatic N) is 1. The van der Waals surface area contributed by atoms with Crippen LogP contribution in [-0.2, 0) is 9.53 Å². The zero-order valence-corrected chi connectivity index (χ0v) is 22.8. The first-order valence-electron chi connectivity index (χ1n) is 12.7. The van der Waals surface area contributed by atoms with Crippen molar-refractivity contribution in [2.24, 2.45) is 0 Å². The maximum Gasteiger partial charge on any atom is 0.335 e. The number of benzene rings is 2. The largest absolute Gasteiger partial charge is 0.504 e. The number of allylic oxidation sites excluding steroid dienone is 1. The summed E-state index contributed by atoms with van der Waals surface area (Å²) in [4.78, 5) is 23.8. The van der Waals surface area contributed by atoms with E-state index in [-0.39, 0.29) is 23.5 Å². The lowest BCUT2D eigenvalue weighted by Gasteiger charge is -2.24. The Labute approximate surface area is 234 Å². The molecule has 2 aromatic heterocycles. The third kappa shape index (κ3) is 5.07. The van der Waals surface area contributed by atoms with E-state index in [0.717, 1.165) is 0 Å². The highest BCUT2D eigenvalue weighted by Crippen LogP contribution is 2.41. The molecule has 0 saturated heterocycles. The third-order valence-electron chi connectivity index (χ3n) is 6.80. The summed E-state index contributed by atoms with van der Waals surface area (Å²) in [5.74, 6) is 0.334. The van der Waals surface area contributed by atoms with Gasteiger partial charge in [-0.1, -0.05) is 18.2 Å². The number of hydrogen-bond acceptors (Lipinski definition) is 9. The van der Waals surface area contributed by atoms with Gasteiger partial charge in [0.1, 0.15) is 16.9 Å². The number of carbonyl (C=O) groups is 1. The molecule has 10 nitrogen and oxygen atoms in total. The van der Waals surface area contributed by atoms with Crippen molar-refractivity contribution in [3.63, 3.8) is 0 Å². The van der Waals surface area contributed by atoms with Crippen LogP contribution in [0.1, 0.15) is 36.7 Å². The van der Waals surface area contributed by atoms with Gasteiger partial charge in [-0.2, -0.15) is 0 Å². The molecule has 210 valence electrons. The molecule has 1 unspecified atom stereocenters. The fourth-order valence-corrected chi connectivity index (χ4v) is 4.94. The van der Waals surface area contributed by atoms with Crippen molar-refractivity contribution in [2.45, 2.75) is 19.8 Å². The minimum absolute atomic E-state index is 0.0576. The van der Waals surface area contributed by atoms with Crippen molar-refractivity contribution in [3.05, 3.63) is 104 Å². The topological polar surface area (TPSA) is 134 Å². The van der Waals surface area contributed by atoms with Crippen LogP contribution in [0.4, 0.5) is 5.69 Å². The Hall–Kier alpha value is -5.25. The molecule has 0 amide bonds. The lowest BCUT2D eigenvalue weighted by molar-refractivity contribution is -0.384. The smallest absolute Gasteiger partial charge is 0.335 e. The monoisotopic (exact) mass is 557 g/mol. The first-order valence-corrected chi connectivity index (χ1v) is 12.7. The summed E-state index contributed by atoms with van der Waals surface area (Å²) < 4.78 is 28.2. The Morgan fingerprint density at radius 2 is 1.85 bits per heavy atom. The van der Waals surface area contributed by atoms with Gasteiger partial charge in [-0.25, -0.2) is 4.79 Å². The summed E-state index contributed by atoms with van der Waals surface area (Å²) in [6.45, 7) is 3.69. The van der Waals surface area contributed by atoms with Crippen LogP contribution in [0.25, 0.3) is 23.5 Å². The first kappa shape index (κ1) is 27.3. The van der Waals surface area contributed by atoms with Gasteiger partial charge in [0.05, 0.1) is 36.9 Å². The van der Waals surface area contributed by atoms with E-state index in [9.17, 15) is 20.0 Å². The number of methoxy groups -OCH3 is 2. The molecular weight excluding hydrogens is 530 g/mol. The normalized spacial score (nSPS) is 14.8. The highest BCUT2D eigenvalue weighted by Gasteiger charge is 2.35. The van der Waals surface area contributed by atoms with Crippen molar-refractivity contribution in [3.8, 4) is 28.6 Å². The quantitative estimate of drug-likeness (QED) is 0.184. The van der Waals surface area contributed by atoms with E-state index in [1.54, 1.807) is 62.4 Å². The van der Waals surface area contributed by atoms with E-state index in [4.69, 9.17) is 23.0 Å². The predicted molar refractivity (Wildman–Crippen MR) is 149 cm³/mol. The molecule has 1 aliphatic carbocycles. The van der Waals surface area contributed by atoms with Crippen LogP contribution >= 0.6 is 0 Å². The van der Waals surface area contributed by atoms with Gasteiger partial charge in [0.15, 0.2) is 22.7 Å². The van der Waals surface area contributed by atoms with Crippen LogP contribution in [0, 0.1) is 10.1 Å². The molecule has 0 fully saturated rings. The number of nitro groups is 1. The molecule has 1 atom stereocenters. The highest BCUT2D eigenvalue weighted by atomic mass is 16.6. The van der Waals surface area contributed by atoms with Crippen LogP contribution in [0.15, 0.2) is 74.6 Å². The zero-order valence-electron chi connectivity index (χ0n) is 22.8. The number of non-ortho nitro benzene ring substituents is 1. The zero-order chi connectivity index (χ0) is 29.3. The Kier molecular flexibility index (Phi) is 7.39. The molecule has 0 aliphatic heterocycles. The van der Waals surface area contributed by atoms with Gasteiger partial charge in [0.2, 0.25) is 0 Å². The van der Waals surface area contributed by atoms with Gasteiger partial charge < -0.3 is 28.2 Å². The molecular formula is C31H27NO9. The van der Waals surface area contributed by atoms with Gasteiger partial charge in [0.25, 0.3) is 5.69 Å². The number of carbonyl (C=O) groups excluding carboxylic acids is 1. The van der Waals surface area contributed by atoms with Crippen LogP contribution in [0.5, 0.6) is 17.2 Å². The molecule has 0 spiro atoms. The SMILES string of the molecule is CCOC(=O)C1=C(C)C=c2oc(=Cc3ccc(-c4cccc([N+](=O)[O-])c4)o3)c(O)c2C1c1ccc(OC)c(OC)c1. The molecule has 0 bridgehead atoms. The molecule has 4 aromatic rings. The van der Waals surface area contributed by atoms with Crippen molar-refractivity contribution >= 4 is 23.8 Å². The summed E-state index contributed by atoms with van der Waals surface area (Å²) in [6.07, 6.45) is 3.21. The minimum Gasteiger partial charge on any atom is -0.504 e. The minimum atomic E-state index is -0.725. The third-order valence-corrected chi connectivity index (χ3v) is 6.80. The van der Waals surface area contributed by atoms with E-state index in [1.807, 2.05) is 0 Å². The Morgan fingerprint density at radius 3 is 2.56 bits per heavy atom. The number of hydrogen-bond donors (Lipinski definition) is 1. The van der Waals surface area contributed by atoms with Gasteiger partial charge in [0, 0.05) is 29.7 Å². The van der Waals surface area contributed by atoms with Gasteiger partial charge in [-0.15, -0.1) is 0 Å². The molecule has 5 rings (SSSR count). The van der Waals surface area contributed by atoms with Crippen LogP contribution in [-0.4, -0.2) is 36.8 Å². The van der Waals surface area contributed by atoms with Crippen molar-refractivity contribution in [2.75, 3.05) is 20.8 Å². The summed E-state index contributed by atoms with van der Waals surface area (Å²) in [7, 11) is 3.05. The number of fused-ring (bicyclic) bond motifs is 1. The predicted octanol–water partition coefficient (Wildman–Crippen LogP) is 4.81. The van der Waals surface area contributed by atoms with E-state index < -0.39 is 16.8 Å². The summed E-state index contributed by atoms with van der Waals surface area (Å²) in [5, 5.41) is 22.6. The lowest BCUT2D eigenvalue weighted by Crippen LogP contribution is -2.24. The second-order valence-electron chi connectivity index (χ2n) is 9.26. The fraction of sp³-hybridized carbons (Fsp3) is 0.194. The summed E-state index contributed by atoms with van der Waals surface area (Å²) in [5.41, 5.74) is 3.01. The van der Waals surface area contributed by atoms with E-state index in [1.165, 1.54) is 32.4 Å². The standard InChI is InChI=1S/C31H27NO9/c1-5-39-31(34)27-17(2)13-25-29(28(27)19-9-11-23(37-3)24(15-19)38-4)30(33)26(41-25)16-21-10-12-22(40-21)18-7-6-8-20(14-18)32(35)36/h6-16,28,33H,5H2,1-4H3. The molecule has 10 heteroatoms. The average Bonchev–Trinajstić information content (AvgIpc) is 3.56. The summed E-state index contributed by atoms with van der Waals surface area (Å²) >= 11 is 0. The maximum absolute atomic E-state index is 13.2. The number of furan rings is 2. The molecule has 0 saturated carbocycles. The molecule has 0 radical (unpaired) electrons. The maximum atomic E-state index is 13.2. The van der Waals surface area contributed by atoms with Gasteiger partial charge >= 0.3 is 5.97 Å². The Balaban J connectivity index is 1.63. The number of esters is 1.